The maximum absolute atomic E-state index is 13.1. The van der Waals surface area contributed by atoms with Crippen molar-refractivity contribution in [3.8, 4) is 0 Å². The molecule has 0 aromatic carbocycles. The third-order valence-corrected chi connectivity index (χ3v) is 12.9. The summed E-state index contributed by atoms with van der Waals surface area (Å²) in [5.41, 5.74) is 0. The van der Waals surface area contributed by atoms with Gasteiger partial charge in [0.1, 0.15) is 48.8 Å². The second-order valence-corrected chi connectivity index (χ2v) is 18.7. The Morgan fingerprint density at radius 1 is 0.525 bits per heavy atom. The maximum atomic E-state index is 13.1. The molecule has 0 bridgehead atoms. The molecule has 7 unspecified atom stereocenters. The van der Waals surface area contributed by atoms with Crippen LogP contribution in [-0.2, 0) is 18.4 Å². The van der Waals surface area contributed by atoms with E-state index in [0.717, 1.165) is 51.4 Å². The summed E-state index contributed by atoms with van der Waals surface area (Å²) in [5.74, 6) is -0.858. The van der Waals surface area contributed by atoms with Crippen LogP contribution in [-0.4, -0.2) is 119 Å². The Balaban J connectivity index is 2.58. The highest BCUT2D eigenvalue weighted by Gasteiger charge is 2.51. The number of aliphatic hydroxyl groups is 8. The van der Waals surface area contributed by atoms with Crippen LogP contribution in [0.25, 0.3) is 0 Å². The summed E-state index contributed by atoms with van der Waals surface area (Å²) in [6.45, 7) is 3.57. The van der Waals surface area contributed by atoms with Crippen molar-refractivity contribution in [2.45, 2.75) is 267 Å². The van der Waals surface area contributed by atoms with Crippen LogP contribution >= 0.6 is 7.82 Å². The van der Waals surface area contributed by atoms with Crippen molar-refractivity contribution in [2.24, 2.45) is 0 Å². The molecule has 0 heterocycles. The molecule has 1 amide bonds. The molecule has 1 saturated carbocycles. The minimum atomic E-state index is -5.23. The van der Waals surface area contributed by atoms with Crippen molar-refractivity contribution in [1.29, 1.82) is 0 Å². The van der Waals surface area contributed by atoms with E-state index in [-0.39, 0.29) is 12.8 Å². The first-order valence-electron chi connectivity index (χ1n) is 23.7. The number of carbonyl (C=O) groups is 1. The van der Waals surface area contributed by atoms with Crippen LogP contribution < -0.4 is 5.32 Å². The molecule has 1 aliphatic carbocycles. The second-order valence-electron chi connectivity index (χ2n) is 17.2. The van der Waals surface area contributed by atoms with Crippen molar-refractivity contribution in [1.82, 2.24) is 5.32 Å². The molecule has 0 radical (unpaired) electrons. The average molecular weight is 870 g/mol. The quantitative estimate of drug-likeness (QED) is 0.0231. The summed E-state index contributed by atoms with van der Waals surface area (Å²) < 4.78 is 22.8. The Morgan fingerprint density at radius 2 is 0.847 bits per heavy atom. The van der Waals surface area contributed by atoms with Gasteiger partial charge in [-0.05, 0) is 12.8 Å². The van der Waals surface area contributed by atoms with Gasteiger partial charge >= 0.3 is 7.82 Å². The number of hydrogen-bond acceptors (Lipinski definition) is 12. The molecule has 0 aliphatic heterocycles. The number of amides is 1. The summed E-state index contributed by atoms with van der Waals surface area (Å²) in [4.78, 5) is 23.5. The zero-order valence-corrected chi connectivity index (χ0v) is 37.7. The van der Waals surface area contributed by atoms with Crippen molar-refractivity contribution in [2.75, 3.05) is 6.61 Å². The number of nitrogens with one attached hydrogen (secondary N) is 1. The van der Waals surface area contributed by atoms with Crippen molar-refractivity contribution < 1.29 is 64.2 Å². The van der Waals surface area contributed by atoms with Crippen LogP contribution in [0.1, 0.15) is 206 Å². The molecule has 0 aromatic heterocycles. The molecule has 14 nitrogen and oxygen atoms in total. The fourth-order valence-corrected chi connectivity index (χ4v) is 8.80. The molecular formula is C44H88NO13P. The van der Waals surface area contributed by atoms with Crippen molar-refractivity contribution >= 4 is 13.7 Å². The molecule has 1 fully saturated rings. The third kappa shape index (κ3) is 25.8. The lowest BCUT2D eigenvalue weighted by molar-refractivity contribution is -0.220. The number of phosphoric ester groups is 1. The van der Waals surface area contributed by atoms with Crippen LogP contribution in [0.15, 0.2) is 0 Å². The van der Waals surface area contributed by atoms with E-state index in [0.29, 0.717) is 12.8 Å². The zero-order chi connectivity index (χ0) is 43.9. The Kier molecular flexibility index (Phi) is 33.1. The number of aliphatic hydroxyl groups excluding tert-OH is 8. The first-order chi connectivity index (χ1) is 28.3. The first kappa shape index (κ1) is 56.3. The lowest BCUT2D eigenvalue weighted by atomic mass is 9.85. The molecule has 352 valence electrons. The van der Waals surface area contributed by atoms with Gasteiger partial charge < -0.3 is 51.1 Å². The summed E-state index contributed by atoms with van der Waals surface area (Å²) in [6.07, 6.45) is 16.1. The van der Waals surface area contributed by atoms with E-state index in [1.54, 1.807) is 0 Å². The van der Waals surface area contributed by atoms with Crippen molar-refractivity contribution in [3.05, 3.63) is 0 Å². The summed E-state index contributed by atoms with van der Waals surface area (Å²) in [6, 6.07) is -1.47. The van der Waals surface area contributed by atoms with Crippen LogP contribution in [0.2, 0.25) is 0 Å². The van der Waals surface area contributed by atoms with Gasteiger partial charge in [-0.3, -0.25) is 13.8 Å². The molecule has 15 heteroatoms. The van der Waals surface area contributed by atoms with Gasteiger partial charge in [0.2, 0.25) is 5.91 Å². The summed E-state index contributed by atoms with van der Waals surface area (Å²) >= 11 is 0. The highest BCUT2D eigenvalue weighted by atomic mass is 31.2. The Labute approximate surface area is 356 Å². The standard InChI is InChI=1S/C44H88NO13P/c1-3-5-7-9-11-13-15-17-18-19-20-22-24-26-28-30-32-36(47)44(54)45-34(33-57-59(55,56)58-43-41(52)39(50)38(49)40(51)42(43)53)37(48)35(46)31-29-27-25-23-21-16-14-12-10-8-6-4-2/h34-43,46-53H,3-33H2,1-2H3,(H,45,54)(H,55,56)/t34-,35+,36?,37-,38?,39+,40?,41?,42?,43?/m0/s1. The number of unbranched alkanes of at least 4 members (excludes halogenated alkanes) is 26. The van der Waals surface area contributed by atoms with Gasteiger partial charge in [-0.2, -0.15) is 0 Å². The van der Waals surface area contributed by atoms with Gasteiger partial charge in [0.15, 0.2) is 0 Å². The smallest absolute Gasteiger partial charge is 0.390 e. The highest BCUT2D eigenvalue weighted by Crippen LogP contribution is 2.47. The van der Waals surface area contributed by atoms with E-state index in [4.69, 9.17) is 9.05 Å². The molecule has 0 saturated heterocycles. The number of hydrogen-bond donors (Lipinski definition) is 10. The molecule has 10 N–H and O–H groups in total. The van der Waals surface area contributed by atoms with Gasteiger partial charge in [-0.15, -0.1) is 0 Å². The molecule has 1 rings (SSSR count). The monoisotopic (exact) mass is 870 g/mol. The highest BCUT2D eigenvalue weighted by molar-refractivity contribution is 7.47. The van der Waals surface area contributed by atoms with Crippen LogP contribution in [0, 0.1) is 0 Å². The fraction of sp³-hybridized carbons (Fsp3) is 0.977. The first-order valence-corrected chi connectivity index (χ1v) is 25.2. The molecule has 11 atom stereocenters. The largest absolute Gasteiger partial charge is 0.472 e. The predicted molar refractivity (Wildman–Crippen MR) is 230 cm³/mol. The lowest BCUT2D eigenvalue weighted by Crippen LogP contribution is -2.64. The Hall–Kier alpha value is -0.740. The van der Waals surface area contributed by atoms with Crippen molar-refractivity contribution in [3.63, 3.8) is 0 Å². The Bertz CT molecular complexity index is 1040. The van der Waals surface area contributed by atoms with Gasteiger partial charge in [-0.1, -0.05) is 194 Å². The summed E-state index contributed by atoms with van der Waals surface area (Å²) in [7, 11) is -5.23. The number of phosphoric acid groups is 1. The minimum absolute atomic E-state index is 0.158. The SMILES string of the molecule is CCCCCCCCCCCCCCCCCCC(O)C(=O)N[C@@H](COP(=O)(O)OC1C(O)C(O)C(O)[C@@H](O)C1O)[C@H](O)[C@H](O)CCCCCCCCCCCCCC. The number of carbonyl (C=O) groups excluding carboxylic acids is 1. The van der Waals surface area contributed by atoms with E-state index in [2.05, 4.69) is 19.2 Å². The summed E-state index contributed by atoms with van der Waals surface area (Å²) in [5, 5.41) is 85.3. The maximum Gasteiger partial charge on any atom is 0.472 e. The van der Waals surface area contributed by atoms with E-state index < -0.39 is 81.3 Å². The average Bonchev–Trinajstić information content (AvgIpc) is 3.22. The molecule has 0 spiro atoms. The topological polar surface area (TPSA) is 247 Å². The van der Waals surface area contributed by atoms with Crippen LogP contribution in [0.3, 0.4) is 0 Å². The Morgan fingerprint density at radius 3 is 1.22 bits per heavy atom. The predicted octanol–water partition coefficient (Wildman–Crippen LogP) is 6.62. The van der Waals surface area contributed by atoms with E-state index in [1.165, 1.54) is 116 Å². The lowest BCUT2D eigenvalue weighted by Gasteiger charge is -2.41. The van der Waals surface area contributed by atoms with E-state index in [9.17, 15) is 55.1 Å². The van der Waals surface area contributed by atoms with Gasteiger partial charge in [0.25, 0.3) is 0 Å². The van der Waals surface area contributed by atoms with Gasteiger partial charge in [-0.25, -0.2) is 4.57 Å². The molecular weight excluding hydrogens is 781 g/mol. The number of rotatable bonds is 39. The fourth-order valence-electron chi connectivity index (χ4n) is 7.84. The minimum Gasteiger partial charge on any atom is -0.390 e. The molecule has 0 aromatic rings. The second kappa shape index (κ2) is 34.7. The molecule has 59 heavy (non-hydrogen) atoms. The van der Waals surface area contributed by atoms with Gasteiger partial charge in [0.05, 0.1) is 18.8 Å². The molecule has 1 aliphatic rings. The van der Waals surface area contributed by atoms with Crippen LogP contribution in [0.4, 0.5) is 0 Å². The zero-order valence-electron chi connectivity index (χ0n) is 36.8. The van der Waals surface area contributed by atoms with Crippen LogP contribution in [0.5, 0.6) is 0 Å². The third-order valence-electron chi connectivity index (χ3n) is 11.9. The van der Waals surface area contributed by atoms with E-state index >= 15 is 0 Å². The normalized spacial score (nSPS) is 24.1. The van der Waals surface area contributed by atoms with Gasteiger partial charge in [0, 0.05) is 0 Å². The van der Waals surface area contributed by atoms with E-state index in [1.807, 2.05) is 0 Å².